The van der Waals surface area contributed by atoms with Crippen LogP contribution < -0.4 is 0 Å². The molecule has 4 heterocycles. The second kappa shape index (κ2) is 4.66. The summed E-state index contributed by atoms with van der Waals surface area (Å²) < 4.78 is 0. The topological polar surface area (TPSA) is 65.5 Å². The number of rotatable bonds is 2. The number of aliphatic imine (C=N–C) groups is 1. The van der Waals surface area contributed by atoms with Crippen LogP contribution in [0.5, 0.6) is 5.88 Å². The molecule has 0 radical (unpaired) electrons. The minimum absolute atomic E-state index is 0.00621. The SMILES string of the molecule is Cc1csc(C2=NC(=O)c3c(-c4cc(C)cs4)[nH]c(O)c32)c1. The standard InChI is InChI=1S/C16H12N2O2S2/c1-7-3-9(21-5-7)13-11-12(16(20)17-13)14(18-15(11)19)10-4-8(2)6-22-10/h3-6,17,20H,1-2H3. The van der Waals surface area contributed by atoms with Crippen LogP contribution in [0.2, 0.25) is 0 Å². The lowest BCUT2D eigenvalue weighted by molar-refractivity contribution is 0.101. The molecule has 0 atom stereocenters. The fourth-order valence-electron chi connectivity index (χ4n) is 2.63. The van der Waals surface area contributed by atoms with Gasteiger partial charge in [0.05, 0.1) is 32.3 Å². The number of fused-ring (bicyclic) bond motifs is 1. The number of H-pyrrole nitrogens is 1. The molecule has 0 aromatic carbocycles. The van der Waals surface area contributed by atoms with E-state index >= 15 is 0 Å². The number of nitrogens with zero attached hydrogens (tertiary/aromatic N) is 1. The Morgan fingerprint density at radius 3 is 2.27 bits per heavy atom. The van der Waals surface area contributed by atoms with Crippen LogP contribution in [-0.2, 0) is 0 Å². The molecule has 0 unspecified atom stereocenters. The highest BCUT2D eigenvalue weighted by molar-refractivity contribution is 7.13. The van der Waals surface area contributed by atoms with Gasteiger partial charge < -0.3 is 10.1 Å². The van der Waals surface area contributed by atoms with E-state index in [0.29, 0.717) is 22.5 Å². The highest BCUT2D eigenvalue weighted by Gasteiger charge is 2.34. The van der Waals surface area contributed by atoms with Crippen molar-refractivity contribution < 1.29 is 9.90 Å². The lowest BCUT2D eigenvalue weighted by Crippen LogP contribution is -1.96. The minimum Gasteiger partial charge on any atom is -0.494 e. The first-order valence-corrected chi connectivity index (χ1v) is 8.50. The van der Waals surface area contributed by atoms with E-state index in [9.17, 15) is 9.90 Å². The molecule has 4 nitrogen and oxygen atoms in total. The molecule has 3 aromatic rings. The van der Waals surface area contributed by atoms with Crippen molar-refractivity contribution in [3.05, 3.63) is 50.0 Å². The van der Waals surface area contributed by atoms with Gasteiger partial charge in [0.15, 0.2) is 5.88 Å². The molecule has 0 spiro atoms. The minimum atomic E-state index is -0.298. The lowest BCUT2D eigenvalue weighted by Gasteiger charge is -1.96. The Bertz CT molecular complexity index is 943. The Morgan fingerprint density at radius 1 is 1.05 bits per heavy atom. The summed E-state index contributed by atoms with van der Waals surface area (Å²) in [6.07, 6.45) is 0. The summed E-state index contributed by atoms with van der Waals surface area (Å²) in [7, 11) is 0. The fourth-order valence-corrected chi connectivity index (χ4v) is 4.43. The van der Waals surface area contributed by atoms with E-state index in [2.05, 4.69) is 9.98 Å². The maximum atomic E-state index is 12.4. The van der Waals surface area contributed by atoms with E-state index in [0.717, 1.165) is 20.9 Å². The molecular formula is C16H12N2O2S2. The van der Waals surface area contributed by atoms with Crippen LogP contribution in [0.1, 0.15) is 31.9 Å². The second-order valence-corrected chi connectivity index (χ2v) is 7.16. The van der Waals surface area contributed by atoms with E-state index in [4.69, 9.17) is 0 Å². The van der Waals surface area contributed by atoms with Crippen molar-refractivity contribution in [2.24, 2.45) is 4.99 Å². The van der Waals surface area contributed by atoms with Gasteiger partial charge >= 0.3 is 0 Å². The van der Waals surface area contributed by atoms with E-state index in [1.165, 1.54) is 11.3 Å². The van der Waals surface area contributed by atoms with E-state index in [-0.39, 0.29) is 11.8 Å². The summed E-state index contributed by atoms with van der Waals surface area (Å²) in [6.45, 7) is 4.00. The summed E-state index contributed by atoms with van der Waals surface area (Å²) >= 11 is 3.07. The molecule has 0 bridgehead atoms. The number of thiophene rings is 2. The van der Waals surface area contributed by atoms with Crippen LogP contribution in [0, 0.1) is 13.8 Å². The number of aromatic nitrogens is 1. The van der Waals surface area contributed by atoms with Crippen LogP contribution in [-0.4, -0.2) is 21.7 Å². The lowest BCUT2D eigenvalue weighted by atomic mass is 10.1. The maximum absolute atomic E-state index is 12.4. The summed E-state index contributed by atoms with van der Waals surface area (Å²) in [4.78, 5) is 21.3. The number of carbonyl (C=O) groups is 1. The van der Waals surface area contributed by atoms with Crippen molar-refractivity contribution in [3.8, 4) is 16.5 Å². The van der Waals surface area contributed by atoms with Gasteiger partial charge in [0.1, 0.15) is 0 Å². The summed E-state index contributed by atoms with van der Waals surface area (Å²) in [5, 5.41) is 14.3. The predicted octanol–water partition coefficient (Wildman–Crippen LogP) is 4.12. The normalized spacial score (nSPS) is 13.5. The number of carbonyl (C=O) groups excluding carboxylic acids is 1. The Morgan fingerprint density at radius 2 is 1.68 bits per heavy atom. The molecule has 1 aliphatic heterocycles. The summed E-state index contributed by atoms with van der Waals surface area (Å²) in [5.41, 5.74) is 4.46. The van der Waals surface area contributed by atoms with Crippen molar-refractivity contribution in [3.63, 3.8) is 0 Å². The Hall–Kier alpha value is -2.18. The molecule has 0 saturated heterocycles. The molecule has 2 N–H and O–H groups in total. The number of aromatic amines is 1. The number of nitrogens with one attached hydrogen (secondary N) is 1. The zero-order valence-electron chi connectivity index (χ0n) is 11.9. The zero-order chi connectivity index (χ0) is 15.4. The van der Waals surface area contributed by atoms with Gasteiger partial charge in [-0.1, -0.05) is 0 Å². The summed E-state index contributed by atoms with van der Waals surface area (Å²) in [6, 6.07) is 3.98. The molecule has 110 valence electrons. The van der Waals surface area contributed by atoms with Gasteiger partial charge in [-0.3, -0.25) is 4.79 Å². The average molecular weight is 328 g/mol. The van der Waals surface area contributed by atoms with E-state index in [1.807, 2.05) is 36.7 Å². The van der Waals surface area contributed by atoms with Crippen molar-refractivity contribution in [1.82, 2.24) is 4.98 Å². The number of aryl methyl sites for hydroxylation is 2. The van der Waals surface area contributed by atoms with E-state index < -0.39 is 0 Å². The van der Waals surface area contributed by atoms with Crippen LogP contribution in [0.15, 0.2) is 27.9 Å². The fraction of sp³-hybridized carbons (Fsp3) is 0.125. The van der Waals surface area contributed by atoms with Gasteiger partial charge in [-0.25, -0.2) is 4.99 Å². The number of amides is 1. The highest BCUT2D eigenvalue weighted by Crippen LogP contribution is 2.40. The number of hydrogen-bond acceptors (Lipinski definition) is 4. The van der Waals surface area contributed by atoms with Crippen LogP contribution >= 0.6 is 22.7 Å². The van der Waals surface area contributed by atoms with Gasteiger partial charge in [0, 0.05) is 0 Å². The summed E-state index contributed by atoms with van der Waals surface area (Å²) in [5.74, 6) is -0.291. The molecule has 0 aliphatic carbocycles. The molecular weight excluding hydrogens is 316 g/mol. The molecule has 1 aliphatic rings. The van der Waals surface area contributed by atoms with Crippen LogP contribution in [0.3, 0.4) is 0 Å². The van der Waals surface area contributed by atoms with Gasteiger partial charge in [0.2, 0.25) is 0 Å². The maximum Gasteiger partial charge on any atom is 0.280 e. The van der Waals surface area contributed by atoms with Crippen molar-refractivity contribution in [2.75, 3.05) is 0 Å². The zero-order valence-corrected chi connectivity index (χ0v) is 13.6. The second-order valence-electron chi connectivity index (χ2n) is 5.34. The Labute approximate surface area is 134 Å². The molecule has 0 fully saturated rings. The molecule has 0 saturated carbocycles. The van der Waals surface area contributed by atoms with Crippen molar-refractivity contribution >= 4 is 34.3 Å². The monoisotopic (exact) mass is 328 g/mol. The smallest absolute Gasteiger partial charge is 0.280 e. The molecule has 22 heavy (non-hydrogen) atoms. The van der Waals surface area contributed by atoms with Gasteiger partial charge in [-0.15, -0.1) is 22.7 Å². The Balaban J connectivity index is 1.91. The van der Waals surface area contributed by atoms with Gasteiger partial charge in [-0.05, 0) is 47.9 Å². The van der Waals surface area contributed by atoms with Crippen LogP contribution in [0.4, 0.5) is 0 Å². The van der Waals surface area contributed by atoms with Gasteiger partial charge in [0.25, 0.3) is 5.91 Å². The molecule has 1 amide bonds. The first-order chi connectivity index (χ1) is 10.5. The third kappa shape index (κ3) is 1.88. The third-order valence-electron chi connectivity index (χ3n) is 3.59. The van der Waals surface area contributed by atoms with E-state index in [1.54, 1.807) is 11.3 Å². The number of hydrogen-bond donors (Lipinski definition) is 2. The first kappa shape index (κ1) is 13.5. The predicted molar refractivity (Wildman–Crippen MR) is 89.5 cm³/mol. The number of aromatic hydroxyl groups is 1. The van der Waals surface area contributed by atoms with Crippen molar-refractivity contribution in [1.29, 1.82) is 0 Å². The van der Waals surface area contributed by atoms with Crippen LogP contribution in [0.25, 0.3) is 10.6 Å². The highest BCUT2D eigenvalue weighted by atomic mass is 32.1. The quantitative estimate of drug-likeness (QED) is 0.743. The first-order valence-electron chi connectivity index (χ1n) is 6.74. The van der Waals surface area contributed by atoms with Gasteiger partial charge in [-0.2, -0.15) is 0 Å². The average Bonchev–Trinajstić information content (AvgIpc) is 3.19. The molecule has 3 aromatic heterocycles. The van der Waals surface area contributed by atoms with Crippen molar-refractivity contribution in [2.45, 2.75) is 13.8 Å². The largest absolute Gasteiger partial charge is 0.494 e. The molecule has 4 rings (SSSR count). The third-order valence-corrected chi connectivity index (χ3v) is 5.71. The molecule has 6 heteroatoms. The Kier molecular flexibility index (Phi) is 2.85.